The minimum absolute atomic E-state index is 0.00711. The van der Waals surface area contributed by atoms with Crippen LogP contribution in [0, 0.1) is 11.6 Å². The Kier molecular flexibility index (Phi) is 5.37. The molecule has 0 saturated carbocycles. The van der Waals surface area contributed by atoms with Gasteiger partial charge in [0.1, 0.15) is 23.7 Å². The monoisotopic (exact) mass is 491 g/mol. The Bertz CT molecular complexity index is 1590. The SMILES string of the molecule is O=C(O)c1cn2c3c(c(N4CCN(Cc5ccc(F)c6ccccc56)CC4)c(F)cc3c1=O)OCC2. The Morgan fingerprint density at radius 3 is 2.44 bits per heavy atom. The van der Waals surface area contributed by atoms with Gasteiger partial charge in [-0.25, -0.2) is 13.6 Å². The van der Waals surface area contributed by atoms with Crippen molar-refractivity contribution in [1.82, 2.24) is 9.47 Å². The molecule has 0 aliphatic carbocycles. The minimum atomic E-state index is -1.34. The summed E-state index contributed by atoms with van der Waals surface area (Å²) in [4.78, 5) is 28.4. The summed E-state index contributed by atoms with van der Waals surface area (Å²) in [5, 5.41) is 10.9. The van der Waals surface area contributed by atoms with Crippen LogP contribution in [0.15, 0.2) is 53.5 Å². The Balaban J connectivity index is 1.30. The van der Waals surface area contributed by atoms with Crippen LogP contribution in [0.3, 0.4) is 0 Å². The number of benzene rings is 3. The van der Waals surface area contributed by atoms with Gasteiger partial charge in [0.05, 0.1) is 17.4 Å². The van der Waals surface area contributed by atoms with Gasteiger partial charge in [-0.1, -0.05) is 30.3 Å². The summed E-state index contributed by atoms with van der Waals surface area (Å²) in [6.45, 7) is 3.66. The number of fused-ring (bicyclic) bond motifs is 1. The lowest BCUT2D eigenvalue weighted by molar-refractivity contribution is 0.0694. The van der Waals surface area contributed by atoms with Crippen LogP contribution in [0.25, 0.3) is 21.7 Å². The summed E-state index contributed by atoms with van der Waals surface area (Å²) in [6.07, 6.45) is 1.31. The highest BCUT2D eigenvalue weighted by molar-refractivity contribution is 5.97. The van der Waals surface area contributed by atoms with Crippen molar-refractivity contribution >= 4 is 33.3 Å². The van der Waals surface area contributed by atoms with E-state index in [0.717, 1.165) is 17.0 Å². The molecule has 1 saturated heterocycles. The van der Waals surface area contributed by atoms with Gasteiger partial charge in [0.25, 0.3) is 0 Å². The summed E-state index contributed by atoms with van der Waals surface area (Å²) in [5.41, 5.74) is 0.652. The highest BCUT2D eigenvalue weighted by Gasteiger charge is 2.29. The molecule has 0 amide bonds. The first-order valence-corrected chi connectivity index (χ1v) is 11.8. The summed E-state index contributed by atoms with van der Waals surface area (Å²) >= 11 is 0. The first-order chi connectivity index (χ1) is 17.4. The maximum atomic E-state index is 15.4. The van der Waals surface area contributed by atoms with E-state index in [0.29, 0.717) is 55.9 Å². The number of carboxylic acid groups (broad SMARTS) is 1. The van der Waals surface area contributed by atoms with Crippen LogP contribution in [0.5, 0.6) is 5.75 Å². The van der Waals surface area contributed by atoms with Crippen LogP contribution in [0.1, 0.15) is 15.9 Å². The lowest BCUT2D eigenvalue weighted by Gasteiger charge is -2.37. The molecule has 3 heterocycles. The number of aromatic nitrogens is 1. The summed E-state index contributed by atoms with van der Waals surface area (Å²) in [5.74, 6) is -1.91. The summed E-state index contributed by atoms with van der Waals surface area (Å²) < 4.78 is 37.1. The molecule has 3 aromatic carbocycles. The highest BCUT2D eigenvalue weighted by Crippen LogP contribution is 2.40. The number of ether oxygens (including phenoxy) is 1. The number of nitrogens with zero attached hydrogens (tertiary/aromatic N) is 3. The smallest absolute Gasteiger partial charge is 0.341 e. The second-order valence-electron chi connectivity index (χ2n) is 9.17. The van der Waals surface area contributed by atoms with Gasteiger partial charge in [-0.2, -0.15) is 0 Å². The standard InChI is InChI=1S/C27H23F2N3O4/c28-21-6-5-16(17-3-1-2-4-18(17)21)14-30-7-9-31(10-8-30)24-22(29)13-19-23-26(24)36-12-11-32(23)15-20(25(19)33)27(34)35/h1-6,13,15H,7-12,14H2,(H,34,35). The third-order valence-electron chi connectivity index (χ3n) is 7.10. The van der Waals surface area contributed by atoms with Gasteiger partial charge in [-0.15, -0.1) is 0 Å². The molecule has 1 N–H and O–H groups in total. The van der Waals surface area contributed by atoms with E-state index in [1.165, 1.54) is 12.3 Å². The molecule has 6 rings (SSSR count). The normalized spacial score (nSPS) is 15.9. The number of anilines is 1. The molecule has 36 heavy (non-hydrogen) atoms. The molecule has 4 aromatic rings. The van der Waals surface area contributed by atoms with Gasteiger partial charge in [-0.05, 0) is 23.1 Å². The molecule has 0 bridgehead atoms. The Labute approximate surface area is 204 Å². The average molecular weight is 491 g/mol. The third-order valence-corrected chi connectivity index (χ3v) is 7.10. The number of hydrogen-bond donors (Lipinski definition) is 1. The summed E-state index contributed by atoms with van der Waals surface area (Å²) in [7, 11) is 0. The van der Waals surface area contributed by atoms with Gasteiger partial charge < -0.3 is 19.3 Å². The van der Waals surface area contributed by atoms with Crippen molar-refractivity contribution < 1.29 is 23.4 Å². The van der Waals surface area contributed by atoms with E-state index in [-0.39, 0.29) is 29.1 Å². The number of carbonyl (C=O) groups is 1. The molecule has 1 aromatic heterocycles. The number of aromatic carboxylic acids is 1. The van der Waals surface area contributed by atoms with E-state index in [1.54, 1.807) is 10.6 Å². The molecule has 2 aliphatic heterocycles. The zero-order chi connectivity index (χ0) is 25.0. The van der Waals surface area contributed by atoms with Crippen molar-refractivity contribution in [3.63, 3.8) is 0 Å². The van der Waals surface area contributed by atoms with E-state index in [4.69, 9.17) is 4.74 Å². The van der Waals surface area contributed by atoms with Crippen LogP contribution in [-0.4, -0.2) is 53.3 Å². The maximum absolute atomic E-state index is 15.4. The Morgan fingerprint density at radius 1 is 0.944 bits per heavy atom. The van der Waals surface area contributed by atoms with Crippen molar-refractivity contribution in [1.29, 1.82) is 0 Å². The van der Waals surface area contributed by atoms with Crippen LogP contribution in [0.2, 0.25) is 0 Å². The Morgan fingerprint density at radius 2 is 1.69 bits per heavy atom. The Hall–Kier alpha value is -3.98. The lowest BCUT2D eigenvalue weighted by Crippen LogP contribution is -2.46. The van der Waals surface area contributed by atoms with Gasteiger partial charge in [-0.3, -0.25) is 9.69 Å². The van der Waals surface area contributed by atoms with Crippen LogP contribution in [0.4, 0.5) is 14.5 Å². The molecule has 0 spiro atoms. The number of piperazine rings is 1. The molecule has 1 fully saturated rings. The fourth-order valence-electron chi connectivity index (χ4n) is 5.33. The molecule has 0 atom stereocenters. The quantitative estimate of drug-likeness (QED) is 0.468. The van der Waals surface area contributed by atoms with Gasteiger partial charge >= 0.3 is 5.97 Å². The fraction of sp³-hybridized carbons (Fsp3) is 0.259. The van der Waals surface area contributed by atoms with Crippen molar-refractivity contribution in [2.45, 2.75) is 13.1 Å². The third kappa shape index (κ3) is 3.58. The average Bonchev–Trinajstić information content (AvgIpc) is 2.88. The largest absolute Gasteiger partial charge is 0.487 e. The zero-order valence-corrected chi connectivity index (χ0v) is 19.3. The van der Waals surface area contributed by atoms with E-state index >= 15 is 4.39 Å². The number of pyridine rings is 1. The van der Waals surface area contributed by atoms with Crippen molar-refractivity contribution in [2.75, 3.05) is 37.7 Å². The van der Waals surface area contributed by atoms with Crippen molar-refractivity contribution in [2.24, 2.45) is 0 Å². The van der Waals surface area contributed by atoms with Gasteiger partial charge in [0.15, 0.2) is 11.6 Å². The summed E-state index contributed by atoms with van der Waals surface area (Å²) in [6, 6.07) is 11.9. The van der Waals surface area contributed by atoms with Crippen LogP contribution >= 0.6 is 0 Å². The van der Waals surface area contributed by atoms with E-state index in [1.807, 2.05) is 29.2 Å². The minimum Gasteiger partial charge on any atom is -0.487 e. The zero-order valence-electron chi connectivity index (χ0n) is 19.3. The lowest BCUT2D eigenvalue weighted by atomic mass is 10.0. The fourth-order valence-corrected chi connectivity index (χ4v) is 5.33. The molecule has 0 unspecified atom stereocenters. The van der Waals surface area contributed by atoms with Crippen molar-refractivity contribution in [3.05, 3.63) is 81.6 Å². The van der Waals surface area contributed by atoms with E-state index in [9.17, 15) is 19.1 Å². The van der Waals surface area contributed by atoms with Gasteiger partial charge in [0, 0.05) is 44.3 Å². The molecule has 0 radical (unpaired) electrons. The molecule has 9 heteroatoms. The second kappa shape index (κ2) is 8.60. The van der Waals surface area contributed by atoms with Crippen LogP contribution < -0.4 is 15.1 Å². The van der Waals surface area contributed by atoms with Gasteiger partial charge in [0.2, 0.25) is 5.43 Å². The molecular formula is C27H23F2N3O4. The number of halogens is 2. The van der Waals surface area contributed by atoms with Crippen molar-refractivity contribution in [3.8, 4) is 5.75 Å². The topological polar surface area (TPSA) is 75.0 Å². The predicted octanol–water partition coefficient (Wildman–Crippen LogP) is 3.85. The first kappa shape index (κ1) is 22.5. The molecular weight excluding hydrogens is 468 g/mol. The number of rotatable bonds is 4. The molecule has 7 nitrogen and oxygen atoms in total. The van der Waals surface area contributed by atoms with E-state index in [2.05, 4.69) is 4.90 Å². The van der Waals surface area contributed by atoms with Crippen LogP contribution in [-0.2, 0) is 13.1 Å². The highest BCUT2D eigenvalue weighted by atomic mass is 19.1. The molecule has 184 valence electrons. The first-order valence-electron chi connectivity index (χ1n) is 11.8. The molecule has 2 aliphatic rings. The maximum Gasteiger partial charge on any atom is 0.341 e. The number of hydrogen-bond acceptors (Lipinski definition) is 5. The predicted molar refractivity (Wildman–Crippen MR) is 132 cm³/mol. The second-order valence-corrected chi connectivity index (χ2v) is 9.17. The van der Waals surface area contributed by atoms with E-state index < -0.39 is 17.2 Å². The number of carboxylic acids is 1.